The lowest BCUT2D eigenvalue weighted by molar-refractivity contribution is -0.120. The fourth-order valence-corrected chi connectivity index (χ4v) is 3.19. The molecule has 7 heteroatoms. The molecule has 1 fully saturated rings. The van der Waals surface area contributed by atoms with Crippen molar-refractivity contribution in [2.75, 3.05) is 45.8 Å². The number of hydrogen-bond acceptors (Lipinski definition) is 4. The van der Waals surface area contributed by atoms with Gasteiger partial charge in [-0.25, -0.2) is 4.79 Å². The summed E-state index contributed by atoms with van der Waals surface area (Å²) in [7, 11) is 3.34. The van der Waals surface area contributed by atoms with Crippen LogP contribution in [0.15, 0.2) is 24.3 Å². The maximum Gasteiger partial charge on any atom is 0.321 e. The lowest BCUT2D eigenvalue weighted by Crippen LogP contribution is -2.45. The second-order valence-electron chi connectivity index (χ2n) is 6.89. The van der Waals surface area contributed by atoms with E-state index in [2.05, 4.69) is 10.6 Å². The third kappa shape index (κ3) is 5.44. The predicted octanol–water partition coefficient (Wildman–Crippen LogP) is 1.62. The van der Waals surface area contributed by atoms with Gasteiger partial charge in [0, 0.05) is 51.4 Å². The summed E-state index contributed by atoms with van der Waals surface area (Å²) in [5.74, 6) is -0.0346. The molecule has 0 atom stereocenters. The minimum absolute atomic E-state index is 0.0346. The molecule has 0 bridgehead atoms. The number of aliphatic hydroxyl groups excluding tert-OH is 1. The molecule has 3 amide bonds. The van der Waals surface area contributed by atoms with Crippen LogP contribution in [0.25, 0.3) is 0 Å². The van der Waals surface area contributed by atoms with E-state index in [9.17, 15) is 14.7 Å². The zero-order valence-electron chi connectivity index (χ0n) is 15.6. The number of nitrogens with one attached hydrogen (secondary N) is 2. The number of para-hydroxylation sites is 1. The highest BCUT2D eigenvalue weighted by Gasteiger charge is 2.34. The molecule has 3 N–H and O–H groups in total. The summed E-state index contributed by atoms with van der Waals surface area (Å²) in [6.45, 7) is 1.73. The van der Waals surface area contributed by atoms with E-state index in [4.69, 9.17) is 4.74 Å². The molecule has 1 aromatic rings. The second-order valence-corrected chi connectivity index (χ2v) is 6.89. The van der Waals surface area contributed by atoms with Gasteiger partial charge in [0.1, 0.15) is 0 Å². The minimum atomic E-state index is -0.303. The summed E-state index contributed by atoms with van der Waals surface area (Å²) in [6, 6.07) is 7.26. The van der Waals surface area contributed by atoms with Crippen molar-refractivity contribution in [1.29, 1.82) is 0 Å². The number of carbonyl (C=O) groups excluding carboxylic acids is 2. The summed E-state index contributed by atoms with van der Waals surface area (Å²) in [5.41, 5.74) is 1.32. The zero-order valence-corrected chi connectivity index (χ0v) is 15.6. The largest absolute Gasteiger partial charge is 0.396 e. The van der Waals surface area contributed by atoms with Crippen molar-refractivity contribution < 1.29 is 19.4 Å². The summed E-state index contributed by atoms with van der Waals surface area (Å²) in [6.07, 6.45) is 2.40. The summed E-state index contributed by atoms with van der Waals surface area (Å²) >= 11 is 0. The van der Waals surface area contributed by atoms with Gasteiger partial charge < -0.3 is 25.4 Å². The van der Waals surface area contributed by atoms with Gasteiger partial charge in [0.25, 0.3) is 0 Å². The average molecular weight is 363 g/mol. The average Bonchev–Trinajstić information content (AvgIpc) is 2.67. The molecule has 0 unspecified atom stereocenters. The Bertz CT molecular complexity index is 615. The van der Waals surface area contributed by atoms with Gasteiger partial charge in [0.15, 0.2) is 0 Å². The minimum Gasteiger partial charge on any atom is -0.396 e. The van der Waals surface area contributed by atoms with Gasteiger partial charge in [-0.3, -0.25) is 4.79 Å². The SMILES string of the molecule is CNC(=O)CCc1ccccc1NC(=O)N(C)CC1(CO)CCOCC1. The lowest BCUT2D eigenvalue weighted by Gasteiger charge is -2.38. The standard InChI is InChI=1S/C19H29N3O4/c1-20-17(24)8-7-15-5-3-4-6-16(15)21-18(25)22(2)13-19(14-23)9-11-26-12-10-19/h3-6,23H,7-14H2,1-2H3,(H,20,24)(H,21,25). The molecule has 0 saturated carbocycles. The summed E-state index contributed by atoms with van der Waals surface area (Å²) in [5, 5.41) is 15.3. The number of aliphatic hydroxyl groups is 1. The van der Waals surface area contributed by atoms with Crippen molar-refractivity contribution in [3.8, 4) is 0 Å². The van der Waals surface area contributed by atoms with Gasteiger partial charge in [-0.1, -0.05) is 18.2 Å². The first-order valence-corrected chi connectivity index (χ1v) is 8.99. The number of benzene rings is 1. The van der Waals surface area contributed by atoms with Gasteiger partial charge >= 0.3 is 6.03 Å². The van der Waals surface area contributed by atoms with Crippen LogP contribution in [0.1, 0.15) is 24.8 Å². The normalized spacial score (nSPS) is 16.0. The Morgan fingerprint density at radius 3 is 2.62 bits per heavy atom. The maximum atomic E-state index is 12.6. The topological polar surface area (TPSA) is 90.9 Å². The molecular formula is C19H29N3O4. The van der Waals surface area contributed by atoms with Gasteiger partial charge in [0.05, 0.1) is 6.61 Å². The molecular weight excluding hydrogens is 334 g/mol. The van der Waals surface area contributed by atoms with E-state index in [0.29, 0.717) is 38.3 Å². The summed E-state index contributed by atoms with van der Waals surface area (Å²) in [4.78, 5) is 25.7. The molecule has 0 aromatic heterocycles. The number of urea groups is 1. The molecule has 1 aliphatic heterocycles. The lowest BCUT2D eigenvalue weighted by atomic mass is 9.80. The number of nitrogens with zero attached hydrogens (tertiary/aromatic N) is 1. The smallest absolute Gasteiger partial charge is 0.321 e. The Kier molecular flexibility index (Phi) is 7.41. The van der Waals surface area contributed by atoms with Crippen LogP contribution in [0.5, 0.6) is 0 Å². The highest BCUT2D eigenvalue weighted by molar-refractivity contribution is 5.90. The van der Waals surface area contributed by atoms with Crippen LogP contribution in [-0.2, 0) is 16.0 Å². The number of rotatable bonds is 7. The summed E-state index contributed by atoms with van der Waals surface area (Å²) < 4.78 is 5.37. The molecule has 0 spiro atoms. The number of carbonyl (C=O) groups is 2. The van der Waals surface area contributed by atoms with Crippen LogP contribution in [0.2, 0.25) is 0 Å². The van der Waals surface area contributed by atoms with Gasteiger partial charge in [-0.05, 0) is 30.9 Å². The Hall–Kier alpha value is -2.12. The van der Waals surface area contributed by atoms with E-state index < -0.39 is 0 Å². The maximum absolute atomic E-state index is 12.6. The second kappa shape index (κ2) is 9.54. The number of amides is 3. The van der Waals surface area contributed by atoms with E-state index >= 15 is 0 Å². The number of anilines is 1. The van der Waals surface area contributed by atoms with Crippen molar-refractivity contribution in [3.63, 3.8) is 0 Å². The first-order valence-electron chi connectivity index (χ1n) is 8.99. The third-order valence-corrected chi connectivity index (χ3v) is 4.97. The molecule has 7 nitrogen and oxygen atoms in total. The third-order valence-electron chi connectivity index (χ3n) is 4.97. The number of aryl methyl sites for hydroxylation is 1. The first-order chi connectivity index (χ1) is 12.5. The van der Waals surface area contributed by atoms with Crippen LogP contribution in [0.4, 0.5) is 10.5 Å². The molecule has 0 radical (unpaired) electrons. The van der Waals surface area contributed by atoms with E-state index in [1.807, 2.05) is 24.3 Å². The molecule has 2 rings (SSSR count). The van der Waals surface area contributed by atoms with E-state index in [1.54, 1.807) is 19.0 Å². The van der Waals surface area contributed by atoms with Gasteiger partial charge in [-0.15, -0.1) is 0 Å². The van der Waals surface area contributed by atoms with Crippen molar-refractivity contribution in [2.24, 2.45) is 5.41 Å². The Morgan fingerprint density at radius 2 is 1.96 bits per heavy atom. The first kappa shape index (κ1) is 20.2. The van der Waals surface area contributed by atoms with Crippen molar-refractivity contribution in [1.82, 2.24) is 10.2 Å². The van der Waals surface area contributed by atoms with Crippen LogP contribution >= 0.6 is 0 Å². The van der Waals surface area contributed by atoms with Crippen LogP contribution in [0.3, 0.4) is 0 Å². The fourth-order valence-electron chi connectivity index (χ4n) is 3.19. The quantitative estimate of drug-likeness (QED) is 0.687. The zero-order chi connectivity index (χ0) is 19.0. The van der Waals surface area contributed by atoms with E-state index in [1.165, 1.54) is 0 Å². The van der Waals surface area contributed by atoms with Crippen LogP contribution in [0, 0.1) is 5.41 Å². The van der Waals surface area contributed by atoms with Crippen LogP contribution < -0.4 is 10.6 Å². The molecule has 26 heavy (non-hydrogen) atoms. The molecule has 144 valence electrons. The monoisotopic (exact) mass is 363 g/mol. The van der Waals surface area contributed by atoms with Crippen LogP contribution in [-0.4, -0.2) is 62.4 Å². The number of hydrogen-bond donors (Lipinski definition) is 3. The van der Waals surface area contributed by atoms with Gasteiger partial charge in [0.2, 0.25) is 5.91 Å². The van der Waals surface area contributed by atoms with E-state index in [-0.39, 0.29) is 24.0 Å². The molecule has 1 aromatic carbocycles. The number of ether oxygens (including phenoxy) is 1. The van der Waals surface area contributed by atoms with Gasteiger partial charge in [-0.2, -0.15) is 0 Å². The Morgan fingerprint density at radius 1 is 1.27 bits per heavy atom. The highest BCUT2D eigenvalue weighted by atomic mass is 16.5. The molecule has 1 aliphatic rings. The molecule has 1 saturated heterocycles. The van der Waals surface area contributed by atoms with Crippen molar-refractivity contribution in [3.05, 3.63) is 29.8 Å². The molecule has 0 aliphatic carbocycles. The predicted molar refractivity (Wildman–Crippen MR) is 100 cm³/mol. The van der Waals surface area contributed by atoms with Crippen molar-refractivity contribution in [2.45, 2.75) is 25.7 Å². The molecule has 1 heterocycles. The highest BCUT2D eigenvalue weighted by Crippen LogP contribution is 2.31. The fraction of sp³-hybridized carbons (Fsp3) is 0.579. The Balaban J connectivity index is 1.99. The van der Waals surface area contributed by atoms with Crippen molar-refractivity contribution >= 4 is 17.6 Å². The Labute approximate surface area is 154 Å². The van der Waals surface area contributed by atoms with E-state index in [0.717, 1.165) is 18.4 Å².